The van der Waals surface area contributed by atoms with Gasteiger partial charge in [0.15, 0.2) is 0 Å². The standard InChI is InChI=1S/C12H21N3.C6H10O.C5H12N2/c1-14-7-9-15(10-8-14)12(11-13)5-3-2-4-6-12;7-6-4-2-1-3-5-6;1-7-4-2-6-3-5-7/h2-10H2,1H3;1-5H2;6H,2-5H2,1H3. The van der Waals surface area contributed by atoms with Crippen molar-refractivity contribution in [1.29, 1.82) is 5.26 Å². The molecule has 0 unspecified atom stereocenters. The molecule has 4 aliphatic rings. The fourth-order valence-electron chi connectivity index (χ4n) is 4.59. The van der Waals surface area contributed by atoms with Crippen LogP contribution in [0.15, 0.2) is 0 Å². The molecule has 6 heteroatoms. The maximum atomic E-state index is 10.5. The Balaban J connectivity index is 0.000000178. The fourth-order valence-corrected chi connectivity index (χ4v) is 4.59. The molecule has 0 aromatic carbocycles. The summed E-state index contributed by atoms with van der Waals surface area (Å²) in [5, 5.41) is 12.7. The first kappa shape index (κ1) is 24.3. The summed E-state index contributed by atoms with van der Waals surface area (Å²) in [7, 11) is 4.32. The van der Waals surface area contributed by atoms with Crippen LogP contribution in [-0.4, -0.2) is 92.5 Å². The minimum atomic E-state index is -0.112. The highest BCUT2D eigenvalue weighted by atomic mass is 16.1. The molecule has 6 nitrogen and oxygen atoms in total. The quantitative estimate of drug-likeness (QED) is 0.723. The molecule has 0 spiro atoms. The third kappa shape index (κ3) is 8.72. The number of hydrogen-bond donors (Lipinski definition) is 1. The van der Waals surface area contributed by atoms with E-state index in [1.54, 1.807) is 0 Å². The van der Waals surface area contributed by atoms with E-state index in [0.29, 0.717) is 5.78 Å². The van der Waals surface area contributed by atoms with Crippen molar-refractivity contribution in [1.82, 2.24) is 20.0 Å². The number of hydrogen-bond acceptors (Lipinski definition) is 6. The molecule has 2 saturated carbocycles. The molecule has 0 aromatic heterocycles. The molecule has 2 heterocycles. The van der Waals surface area contributed by atoms with E-state index in [1.165, 1.54) is 38.8 Å². The molecular formula is C23H43N5O. The second-order valence-electron chi connectivity index (χ2n) is 9.15. The Morgan fingerprint density at radius 2 is 1.31 bits per heavy atom. The molecule has 1 N–H and O–H groups in total. The summed E-state index contributed by atoms with van der Waals surface area (Å²) >= 11 is 0. The average molecular weight is 406 g/mol. The monoisotopic (exact) mass is 405 g/mol. The molecule has 2 saturated heterocycles. The van der Waals surface area contributed by atoms with E-state index in [4.69, 9.17) is 0 Å². The predicted octanol–water partition coefficient (Wildman–Crippen LogP) is 2.50. The number of nitrogens with zero attached hydrogens (tertiary/aromatic N) is 4. The Morgan fingerprint density at radius 3 is 1.72 bits per heavy atom. The predicted molar refractivity (Wildman–Crippen MR) is 119 cm³/mol. The Morgan fingerprint density at radius 1 is 0.793 bits per heavy atom. The molecule has 0 bridgehead atoms. The van der Waals surface area contributed by atoms with Crippen LogP contribution in [0.25, 0.3) is 0 Å². The van der Waals surface area contributed by atoms with Crippen LogP contribution in [0.4, 0.5) is 0 Å². The van der Waals surface area contributed by atoms with Gasteiger partial charge in [-0.2, -0.15) is 5.26 Å². The summed E-state index contributed by atoms with van der Waals surface area (Å²) in [6, 6.07) is 2.61. The van der Waals surface area contributed by atoms with Crippen molar-refractivity contribution < 1.29 is 4.79 Å². The van der Waals surface area contributed by atoms with Crippen LogP contribution < -0.4 is 5.32 Å². The van der Waals surface area contributed by atoms with Crippen molar-refractivity contribution in [3.8, 4) is 6.07 Å². The molecule has 0 atom stereocenters. The summed E-state index contributed by atoms with van der Waals surface area (Å²) in [5.74, 6) is 0.464. The third-order valence-electron chi connectivity index (χ3n) is 6.75. The number of carbonyl (C=O) groups excluding carboxylic acids is 1. The number of nitrogens with one attached hydrogen (secondary N) is 1. The largest absolute Gasteiger partial charge is 0.314 e. The van der Waals surface area contributed by atoms with Crippen LogP contribution >= 0.6 is 0 Å². The van der Waals surface area contributed by atoms with E-state index in [9.17, 15) is 10.1 Å². The van der Waals surface area contributed by atoms with Crippen molar-refractivity contribution in [3.63, 3.8) is 0 Å². The van der Waals surface area contributed by atoms with Gasteiger partial charge in [-0.05, 0) is 39.8 Å². The lowest BCUT2D eigenvalue weighted by atomic mass is 9.81. The Hall–Kier alpha value is -1.00. The normalized spacial score (nSPS) is 26.3. The number of rotatable bonds is 1. The zero-order valence-corrected chi connectivity index (χ0v) is 18.9. The first-order chi connectivity index (χ1) is 14.1. The second kappa shape index (κ2) is 13.3. The molecule has 0 amide bonds. The second-order valence-corrected chi connectivity index (χ2v) is 9.15. The lowest BCUT2D eigenvalue weighted by Gasteiger charge is -2.45. The van der Waals surface area contributed by atoms with Crippen LogP contribution in [0.3, 0.4) is 0 Å². The molecule has 2 aliphatic heterocycles. The van der Waals surface area contributed by atoms with Gasteiger partial charge >= 0.3 is 0 Å². The highest BCUT2D eigenvalue weighted by molar-refractivity contribution is 5.78. The van der Waals surface area contributed by atoms with Gasteiger partial charge in [0.25, 0.3) is 0 Å². The summed E-state index contributed by atoms with van der Waals surface area (Å²) in [6.45, 7) is 9.12. The maximum absolute atomic E-state index is 10.5. The number of likely N-dealkylation sites (N-methyl/N-ethyl adjacent to an activating group) is 2. The van der Waals surface area contributed by atoms with Gasteiger partial charge in [0.2, 0.25) is 0 Å². The maximum Gasteiger partial charge on any atom is 0.132 e. The number of ketones is 1. The first-order valence-electron chi connectivity index (χ1n) is 11.8. The molecule has 0 radical (unpaired) electrons. The molecule has 0 aromatic rings. The van der Waals surface area contributed by atoms with E-state index >= 15 is 0 Å². The average Bonchev–Trinajstić information content (AvgIpc) is 2.77. The van der Waals surface area contributed by atoms with Gasteiger partial charge in [0, 0.05) is 65.2 Å². The van der Waals surface area contributed by atoms with Crippen LogP contribution in [0.1, 0.15) is 64.2 Å². The van der Waals surface area contributed by atoms with Gasteiger partial charge in [0.05, 0.1) is 6.07 Å². The minimum Gasteiger partial charge on any atom is -0.314 e. The number of nitriles is 1. The molecule has 4 rings (SSSR count). The topological polar surface area (TPSA) is 62.6 Å². The highest BCUT2D eigenvalue weighted by Crippen LogP contribution is 2.33. The summed E-state index contributed by atoms with van der Waals surface area (Å²) in [5.41, 5.74) is -0.112. The van der Waals surface area contributed by atoms with Gasteiger partial charge in [0.1, 0.15) is 11.3 Å². The summed E-state index contributed by atoms with van der Waals surface area (Å²) in [6.07, 6.45) is 11.2. The van der Waals surface area contributed by atoms with Crippen LogP contribution in [0, 0.1) is 11.3 Å². The van der Waals surface area contributed by atoms with Crippen LogP contribution in [0.5, 0.6) is 0 Å². The molecule has 29 heavy (non-hydrogen) atoms. The van der Waals surface area contributed by atoms with Crippen molar-refractivity contribution in [2.75, 3.05) is 66.5 Å². The van der Waals surface area contributed by atoms with E-state index in [1.807, 2.05) is 0 Å². The van der Waals surface area contributed by atoms with Crippen molar-refractivity contribution in [2.45, 2.75) is 69.7 Å². The van der Waals surface area contributed by atoms with E-state index in [-0.39, 0.29) is 5.54 Å². The van der Waals surface area contributed by atoms with Crippen LogP contribution in [0.2, 0.25) is 0 Å². The number of piperazine rings is 2. The minimum absolute atomic E-state index is 0.112. The van der Waals surface area contributed by atoms with Gasteiger partial charge < -0.3 is 15.1 Å². The van der Waals surface area contributed by atoms with Gasteiger partial charge in [-0.25, -0.2) is 0 Å². The van der Waals surface area contributed by atoms with Crippen molar-refractivity contribution >= 4 is 5.78 Å². The van der Waals surface area contributed by atoms with Crippen molar-refractivity contribution in [3.05, 3.63) is 0 Å². The zero-order valence-electron chi connectivity index (χ0n) is 18.9. The highest BCUT2D eigenvalue weighted by Gasteiger charge is 2.39. The molecule has 4 fully saturated rings. The first-order valence-corrected chi connectivity index (χ1v) is 11.8. The Kier molecular flexibility index (Phi) is 11.2. The Labute approximate surface area is 178 Å². The molecule has 2 aliphatic carbocycles. The fraction of sp³-hybridized carbons (Fsp3) is 0.913. The van der Waals surface area contributed by atoms with Crippen molar-refractivity contribution in [2.24, 2.45) is 0 Å². The molecule has 166 valence electrons. The van der Waals surface area contributed by atoms with E-state index < -0.39 is 0 Å². The summed E-state index contributed by atoms with van der Waals surface area (Å²) in [4.78, 5) is 17.6. The number of Topliss-reactive ketones (excluding diaryl/α,β-unsaturated/α-hetero) is 1. The van der Waals surface area contributed by atoms with E-state index in [0.717, 1.165) is 77.8 Å². The zero-order chi connectivity index (χ0) is 21.0. The van der Waals surface area contributed by atoms with Crippen LogP contribution in [-0.2, 0) is 4.79 Å². The SMILES string of the molecule is CN1CCN(C2(C#N)CCCCC2)CC1.CN1CCNCC1.O=C1CCCCC1. The lowest BCUT2D eigenvalue weighted by Crippen LogP contribution is -2.56. The number of carbonyl (C=O) groups is 1. The Bertz CT molecular complexity index is 490. The smallest absolute Gasteiger partial charge is 0.132 e. The molecular weight excluding hydrogens is 362 g/mol. The lowest BCUT2D eigenvalue weighted by molar-refractivity contribution is -0.120. The van der Waals surface area contributed by atoms with Gasteiger partial charge in [-0.1, -0.05) is 25.7 Å². The van der Waals surface area contributed by atoms with Gasteiger partial charge in [-0.15, -0.1) is 0 Å². The third-order valence-corrected chi connectivity index (χ3v) is 6.75. The van der Waals surface area contributed by atoms with Gasteiger partial charge in [-0.3, -0.25) is 9.69 Å². The summed E-state index contributed by atoms with van der Waals surface area (Å²) < 4.78 is 0. The van der Waals surface area contributed by atoms with E-state index in [2.05, 4.69) is 40.2 Å².